The first kappa shape index (κ1) is 15.7. The Morgan fingerprint density at radius 2 is 1.58 bits per heavy atom. The molecule has 0 atom stereocenters. The van der Waals surface area contributed by atoms with E-state index in [1.54, 1.807) is 0 Å². The highest BCUT2D eigenvalue weighted by atomic mass is 14.7. The fourth-order valence-corrected chi connectivity index (χ4v) is 2.21. The van der Waals surface area contributed by atoms with Crippen LogP contribution in [0.5, 0.6) is 0 Å². The minimum absolute atomic E-state index is 0.483. The van der Waals surface area contributed by atoms with Crippen molar-refractivity contribution in [2.75, 3.05) is 0 Å². The summed E-state index contributed by atoms with van der Waals surface area (Å²) < 4.78 is 0. The van der Waals surface area contributed by atoms with E-state index < -0.39 is 0 Å². The van der Waals surface area contributed by atoms with Gasteiger partial charge in [-0.25, -0.2) is 0 Å². The number of para-hydroxylation sites is 1. The minimum Gasteiger partial charge on any atom is -0.252 e. The lowest BCUT2D eigenvalue weighted by atomic mass is 9.94. The summed E-state index contributed by atoms with van der Waals surface area (Å²) >= 11 is 0. The second-order valence-electron chi connectivity index (χ2n) is 5.42. The number of benzene rings is 1. The second kappa shape index (κ2) is 6.70. The number of hydrogen-bond acceptors (Lipinski definition) is 1. The molecule has 1 aromatic heterocycles. The summed E-state index contributed by atoms with van der Waals surface area (Å²) in [5.74, 6) is 1.02. The van der Waals surface area contributed by atoms with E-state index in [4.69, 9.17) is 4.98 Å². The van der Waals surface area contributed by atoms with Gasteiger partial charge >= 0.3 is 0 Å². The van der Waals surface area contributed by atoms with Crippen molar-refractivity contribution in [3.05, 3.63) is 41.1 Å². The third kappa shape index (κ3) is 3.34. The third-order valence-corrected chi connectivity index (χ3v) is 3.31. The third-order valence-electron chi connectivity index (χ3n) is 3.31. The lowest BCUT2D eigenvalue weighted by Gasteiger charge is -2.15. The van der Waals surface area contributed by atoms with Gasteiger partial charge in [-0.15, -0.1) is 0 Å². The average molecular weight is 257 g/mol. The Hall–Kier alpha value is -1.37. The van der Waals surface area contributed by atoms with E-state index in [9.17, 15) is 0 Å². The molecular weight excluding hydrogens is 230 g/mol. The first-order valence-corrected chi connectivity index (χ1v) is 7.41. The van der Waals surface area contributed by atoms with Crippen molar-refractivity contribution in [3.63, 3.8) is 0 Å². The Balaban J connectivity index is 0.000000861. The first-order chi connectivity index (χ1) is 9.00. The molecule has 0 aliphatic heterocycles. The van der Waals surface area contributed by atoms with Crippen LogP contribution < -0.4 is 0 Å². The molecule has 2 aromatic rings. The van der Waals surface area contributed by atoms with E-state index in [0.29, 0.717) is 11.8 Å². The van der Waals surface area contributed by atoms with Gasteiger partial charge in [-0.3, -0.25) is 4.98 Å². The molecule has 0 aliphatic rings. The van der Waals surface area contributed by atoms with Gasteiger partial charge in [-0.1, -0.05) is 59.7 Å². The van der Waals surface area contributed by atoms with E-state index in [-0.39, 0.29) is 0 Å². The Bertz CT molecular complexity index is 539. The number of rotatable bonds is 2. The summed E-state index contributed by atoms with van der Waals surface area (Å²) in [5.41, 5.74) is 5.06. The summed E-state index contributed by atoms with van der Waals surface area (Å²) in [7, 11) is 0. The van der Waals surface area contributed by atoms with Crippen molar-refractivity contribution in [3.8, 4) is 0 Å². The van der Waals surface area contributed by atoms with Gasteiger partial charge in [0.25, 0.3) is 0 Å². The Morgan fingerprint density at radius 3 is 2.11 bits per heavy atom. The van der Waals surface area contributed by atoms with Crippen molar-refractivity contribution in [1.82, 2.24) is 4.98 Å². The molecule has 0 amide bonds. The van der Waals surface area contributed by atoms with Crippen molar-refractivity contribution >= 4 is 10.9 Å². The van der Waals surface area contributed by atoms with Crippen LogP contribution in [-0.2, 0) is 0 Å². The molecule has 0 spiro atoms. The van der Waals surface area contributed by atoms with Crippen LogP contribution in [0, 0.1) is 6.92 Å². The lowest BCUT2D eigenvalue weighted by Crippen LogP contribution is -2.00. The highest BCUT2D eigenvalue weighted by Crippen LogP contribution is 2.29. The molecule has 0 bridgehead atoms. The summed E-state index contributed by atoms with van der Waals surface area (Å²) in [4.78, 5) is 4.82. The SMILES string of the molecule is CC.Cc1cccc2c(C(C)C)cc(C(C)C)nc12. The Kier molecular flexibility index (Phi) is 5.53. The smallest absolute Gasteiger partial charge is 0.0737 e. The van der Waals surface area contributed by atoms with Crippen LogP contribution in [0.1, 0.15) is 70.2 Å². The molecular formula is C18H27N. The largest absolute Gasteiger partial charge is 0.252 e. The molecule has 1 heteroatoms. The number of pyridine rings is 1. The minimum atomic E-state index is 0.483. The zero-order chi connectivity index (χ0) is 14.6. The molecule has 0 radical (unpaired) electrons. The molecule has 0 fully saturated rings. The van der Waals surface area contributed by atoms with Gasteiger partial charge in [0.2, 0.25) is 0 Å². The predicted molar refractivity (Wildman–Crippen MR) is 86.0 cm³/mol. The standard InChI is InChI=1S/C16H21N.C2H6/c1-10(2)14-9-15(11(3)4)17-16-12(5)7-6-8-13(14)16;1-2/h6-11H,1-5H3;1-2H3. The fraction of sp³-hybridized carbons (Fsp3) is 0.500. The summed E-state index contributed by atoms with van der Waals surface area (Å²) in [6.07, 6.45) is 0. The maximum Gasteiger partial charge on any atom is 0.0737 e. The van der Waals surface area contributed by atoms with Crippen molar-refractivity contribution in [2.45, 2.75) is 60.3 Å². The zero-order valence-electron chi connectivity index (χ0n) is 13.4. The van der Waals surface area contributed by atoms with Crippen LogP contribution in [0.2, 0.25) is 0 Å². The normalized spacial score (nSPS) is 10.8. The number of hydrogen-bond donors (Lipinski definition) is 0. The number of aryl methyl sites for hydroxylation is 1. The first-order valence-electron chi connectivity index (χ1n) is 7.41. The number of aromatic nitrogens is 1. The molecule has 19 heavy (non-hydrogen) atoms. The predicted octanol–water partition coefficient (Wildman–Crippen LogP) is 5.82. The molecule has 0 N–H and O–H groups in total. The van der Waals surface area contributed by atoms with E-state index >= 15 is 0 Å². The molecule has 0 aliphatic carbocycles. The van der Waals surface area contributed by atoms with E-state index in [0.717, 1.165) is 0 Å². The van der Waals surface area contributed by atoms with E-state index in [1.165, 1.54) is 27.7 Å². The van der Waals surface area contributed by atoms with Crippen LogP contribution >= 0.6 is 0 Å². The summed E-state index contributed by atoms with van der Waals surface area (Å²) in [6.45, 7) is 15.1. The summed E-state index contributed by atoms with van der Waals surface area (Å²) in [5, 5.41) is 1.31. The topological polar surface area (TPSA) is 12.9 Å². The van der Waals surface area contributed by atoms with Crippen molar-refractivity contribution < 1.29 is 0 Å². The van der Waals surface area contributed by atoms with Gasteiger partial charge in [-0.05, 0) is 36.0 Å². The van der Waals surface area contributed by atoms with E-state index in [2.05, 4.69) is 58.9 Å². The second-order valence-corrected chi connectivity index (χ2v) is 5.42. The highest BCUT2D eigenvalue weighted by molar-refractivity contribution is 5.85. The van der Waals surface area contributed by atoms with Gasteiger partial charge in [-0.2, -0.15) is 0 Å². The molecule has 2 rings (SSSR count). The molecule has 104 valence electrons. The molecule has 1 heterocycles. The van der Waals surface area contributed by atoms with E-state index in [1.807, 2.05) is 13.8 Å². The average Bonchev–Trinajstić information content (AvgIpc) is 2.40. The van der Waals surface area contributed by atoms with Crippen molar-refractivity contribution in [1.29, 1.82) is 0 Å². The highest BCUT2D eigenvalue weighted by Gasteiger charge is 2.11. The van der Waals surface area contributed by atoms with Crippen LogP contribution in [0.25, 0.3) is 10.9 Å². The quantitative estimate of drug-likeness (QED) is 0.661. The maximum atomic E-state index is 4.82. The molecule has 1 nitrogen and oxygen atoms in total. The molecule has 0 saturated heterocycles. The van der Waals surface area contributed by atoms with Gasteiger partial charge < -0.3 is 0 Å². The number of nitrogens with zero attached hydrogens (tertiary/aromatic N) is 1. The van der Waals surface area contributed by atoms with Gasteiger partial charge in [0.05, 0.1) is 5.52 Å². The van der Waals surface area contributed by atoms with Crippen LogP contribution in [0.3, 0.4) is 0 Å². The zero-order valence-corrected chi connectivity index (χ0v) is 13.4. The molecule has 0 saturated carbocycles. The van der Waals surface area contributed by atoms with Crippen LogP contribution in [0.4, 0.5) is 0 Å². The van der Waals surface area contributed by atoms with Crippen LogP contribution in [-0.4, -0.2) is 4.98 Å². The number of fused-ring (bicyclic) bond motifs is 1. The summed E-state index contributed by atoms with van der Waals surface area (Å²) in [6, 6.07) is 8.73. The van der Waals surface area contributed by atoms with Crippen molar-refractivity contribution in [2.24, 2.45) is 0 Å². The van der Waals surface area contributed by atoms with Gasteiger partial charge in [0.15, 0.2) is 0 Å². The van der Waals surface area contributed by atoms with Gasteiger partial charge in [0, 0.05) is 11.1 Å². The van der Waals surface area contributed by atoms with Crippen LogP contribution in [0.15, 0.2) is 24.3 Å². The van der Waals surface area contributed by atoms with Gasteiger partial charge in [0.1, 0.15) is 0 Å². The Labute approximate surface area is 118 Å². The molecule has 1 aromatic carbocycles. The Morgan fingerprint density at radius 1 is 0.947 bits per heavy atom. The monoisotopic (exact) mass is 257 g/mol. The molecule has 0 unspecified atom stereocenters. The maximum absolute atomic E-state index is 4.82. The lowest BCUT2D eigenvalue weighted by molar-refractivity contribution is 0.811. The fourth-order valence-electron chi connectivity index (χ4n) is 2.21.